The Kier molecular flexibility index (Phi) is 29.8. The van der Waals surface area contributed by atoms with Crippen molar-refractivity contribution in [1.29, 1.82) is 0 Å². The van der Waals surface area contributed by atoms with Gasteiger partial charge in [0, 0.05) is 23.2 Å². The first-order valence-corrected chi connectivity index (χ1v) is 28.8. The predicted molar refractivity (Wildman–Crippen MR) is 299 cm³/mol. The largest absolute Gasteiger partial charge is 0.399 e. The number of unbranched alkanes of at least 4 members (excludes halogenated alkanes) is 28. The summed E-state index contributed by atoms with van der Waals surface area (Å²) in [6.07, 6.45) is 47.8. The van der Waals surface area contributed by atoms with Gasteiger partial charge in [0.1, 0.15) is 0 Å². The molecule has 0 aromatic heterocycles. The highest BCUT2D eigenvalue weighted by molar-refractivity contribution is 5.49. The molecule has 0 saturated carbocycles. The molecule has 4 aromatic rings. The van der Waals surface area contributed by atoms with E-state index in [0.717, 1.165) is 11.4 Å². The fourth-order valence-corrected chi connectivity index (χ4v) is 10.9. The molecule has 0 saturated heterocycles. The molecule has 4 N–H and O–H groups in total. The van der Waals surface area contributed by atoms with Crippen LogP contribution in [0.25, 0.3) is 0 Å². The number of aryl methyl sites for hydroxylation is 4. The van der Waals surface area contributed by atoms with Crippen LogP contribution in [0.4, 0.5) is 11.4 Å². The third-order valence-corrected chi connectivity index (χ3v) is 15.2. The first kappa shape index (κ1) is 56.1. The van der Waals surface area contributed by atoms with Crippen LogP contribution in [0.2, 0.25) is 0 Å². The van der Waals surface area contributed by atoms with E-state index in [4.69, 9.17) is 11.5 Å². The number of nitrogens with two attached hydrogens (primary N) is 2. The molecule has 0 aliphatic carbocycles. The molecule has 0 radical (unpaired) electrons. The average Bonchev–Trinajstić information content (AvgIpc) is 3.33. The van der Waals surface area contributed by atoms with Crippen molar-refractivity contribution < 1.29 is 0 Å². The molecule has 0 spiro atoms. The maximum atomic E-state index is 6.14. The quantitative estimate of drug-likeness (QED) is 0.0345. The predicted octanol–water partition coefficient (Wildman–Crippen LogP) is 20.4. The fraction of sp³-hybridized carbons (Fsp3) is 0.631. The van der Waals surface area contributed by atoms with Gasteiger partial charge in [0.2, 0.25) is 0 Å². The minimum absolute atomic E-state index is 0.466. The summed E-state index contributed by atoms with van der Waals surface area (Å²) in [4.78, 5) is 0. The van der Waals surface area contributed by atoms with Crippen LogP contribution >= 0.6 is 0 Å². The van der Waals surface area contributed by atoms with Crippen molar-refractivity contribution in [2.24, 2.45) is 0 Å². The van der Waals surface area contributed by atoms with E-state index < -0.39 is 0 Å². The summed E-state index contributed by atoms with van der Waals surface area (Å²) in [5.41, 5.74) is 25.6. The Morgan fingerprint density at radius 3 is 0.866 bits per heavy atom. The SMILES string of the molecule is CCCCCCCCCC(c1ccc(CCCCCCCCCCCCCCCCCCCc2ccc(C(CCCCCCCCC)c3ccc(N)cc3C)cc2)cc1)c1ccc(N)cc1C. The van der Waals surface area contributed by atoms with Crippen LogP contribution in [0.3, 0.4) is 0 Å². The molecule has 4 rings (SSSR count). The highest BCUT2D eigenvalue weighted by atomic mass is 14.5. The lowest BCUT2D eigenvalue weighted by molar-refractivity contribution is 0.525. The first-order valence-electron chi connectivity index (χ1n) is 28.8. The van der Waals surface area contributed by atoms with E-state index in [2.05, 4.69) is 113 Å². The van der Waals surface area contributed by atoms with Crippen molar-refractivity contribution in [1.82, 2.24) is 0 Å². The summed E-state index contributed by atoms with van der Waals surface area (Å²) in [7, 11) is 0. The van der Waals surface area contributed by atoms with Gasteiger partial charge in [-0.2, -0.15) is 0 Å². The van der Waals surface area contributed by atoms with Crippen molar-refractivity contribution in [3.05, 3.63) is 129 Å². The lowest BCUT2D eigenvalue weighted by Crippen LogP contribution is -2.05. The molecular formula is C65H102N2. The summed E-state index contributed by atoms with van der Waals surface area (Å²) in [5, 5.41) is 0. The van der Waals surface area contributed by atoms with Gasteiger partial charge in [-0.1, -0.05) is 261 Å². The van der Waals surface area contributed by atoms with E-state index >= 15 is 0 Å². The molecule has 0 amide bonds. The van der Waals surface area contributed by atoms with Crippen molar-refractivity contribution in [3.8, 4) is 0 Å². The molecule has 2 heteroatoms. The summed E-state index contributed by atoms with van der Waals surface area (Å²) in [6, 6.07) is 32.4. The van der Waals surface area contributed by atoms with E-state index in [1.54, 1.807) is 0 Å². The number of benzene rings is 4. The van der Waals surface area contributed by atoms with E-state index in [1.165, 1.54) is 269 Å². The third kappa shape index (κ3) is 23.6. The lowest BCUT2D eigenvalue weighted by Gasteiger charge is -2.21. The van der Waals surface area contributed by atoms with Gasteiger partial charge in [0.05, 0.1) is 0 Å². The van der Waals surface area contributed by atoms with E-state index in [9.17, 15) is 0 Å². The Morgan fingerprint density at radius 1 is 0.313 bits per heavy atom. The molecule has 2 nitrogen and oxygen atoms in total. The van der Waals surface area contributed by atoms with E-state index in [-0.39, 0.29) is 0 Å². The van der Waals surface area contributed by atoms with Crippen LogP contribution in [-0.4, -0.2) is 0 Å². The molecule has 0 bridgehead atoms. The highest BCUT2D eigenvalue weighted by Gasteiger charge is 2.18. The van der Waals surface area contributed by atoms with Crippen LogP contribution < -0.4 is 11.5 Å². The summed E-state index contributed by atoms with van der Waals surface area (Å²) >= 11 is 0. The minimum Gasteiger partial charge on any atom is -0.399 e. The molecule has 2 unspecified atom stereocenters. The van der Waals surface area contributed by atoms with Crippen LogP contribution in [0, 0.1) is 13.8 Å². The highest BCUT2D eigenvalue weighted by Crippen LogP contribution is 2.35. The van der Waals surface area contributed by atoms with Gasteiger partial charge in [-0.05, 0) is 121 Å². The Hall–Kier alpha value is -3.52. The smallest absolute Gasteiger partial charge is 0.0316 e. The Morgan fingerprint density at radius 2 is 0.582 bits per heavy atom. The van der Waals surface area contributed by atoms with Gasteiger partial charge in [-0.3, -0.25) is 0 Å². The Labute approximate surface area is 414 Å². The summed E-state index contributed by atoms with van der Waals surface area (Å²) in [5.74, 6) is 0.932. The minimum atomic E-state index is 0.466. The lowest BCUT2D eigenvalue weighted by atomic mass is 9.84. The monoisotopic (exact) mass is 911 g/mol. The van der Waals surface area contributed by atoms with Crippen LogP contribution in [-0.2, 0) is 12.8 Å². The van der Waals surface area contributed by atoms with Gasteiger partial charge in [-0.25, -0.2) is 0 Å². The molecule has 372 valence electrons. The van der Waals surface area contributed by atoms with Gasteiger partial charge in [-0.15, -0.1) is 0 Å². The summed E-state index contributed by atoms with van der Waals surface area (Å²) in [6.45, 7) is 9.08. The van der Waals surface area contributed by atoms with E-state index in [1.807, 2.05) is 0 Å². The number of nitrogen functional groups attached to an aromatic ring is 2. The standard InChI is InChI=1S/C65H102N2/c1-5-7-9-11-24-30-34-38-64(62-50-48-60(66)52-54(62)3)58-44-40-56(41-45-58)36-32-28-26-22-20-18-16-14-13-15-17-19-21-23-27-29-33-37-57-42-46-59(47-43-57)65(39-35-31-25-12-10-8-6-2)63-51-49-61(67)53-55(63)4/h40-53,64-65H,5-39,66-67H2,1-4H3. The third-order valence-electron chi connectivity index (χ3n) is 15.2. The van der Waals surface area contributed by atoms with Crippen LogP contribution in [0.15, 0.2) is 84.9 Å². The number of anilines is 2. The second-order valence-electron chi connectivity index (χ2n) is 21.2. The first-order chi connectivity index (χ1) is 32.9. The van der Waals surface area contributed by atoms with Crippen LogP contribution in [0.5, 0.6) is 0 Å². The molecule has 2 atom stereocenters. The number of hydrogen-bond acceptors (Lipinski definition) is 2. The Bertz CT molecular complexity index is 1670. The van der Waals surface area contributed by atoms with Crippen molar-refractivity contribution in [2.45, 2.75) is 264 Å². The van der Waals surface area contributed by atoms with Gasteiger partial charge >= 0.3 is 0 Å². The molecule has 0 heterocycles. The second-order valence-corrected chi connectivity index (χ2v) is 21.2. The van der Waals surface area contributed by atoms with Crippen molar-refractivity contribution in [3.63, 3.8) is 0 Å². The molecule has 67 heavy (non-hydrogen) atoms. The molecule has 0 aliphatic rings. The van der Waals surface area contributed by atoms with Gasteiger partial charge < -0.3 is 11.5 Å². The van der Waals surface area contributed by atoms with Crippen LogP contribution in [0.1, 0.15) is 282 Å². The van der Waals surface area contributed by atoms with Crippen molar-refractivity contribution in [2.75, 3.05) is 11.5 Å². The average molecular weight is 912 g/mol. The zero-order valence-electron chi connectivity index (χ0n) is 44.1. The molecular weight excluding hydrogens is 809 g/mol. The maximum Gasteiger partial charge on any atom is 0.0316 e. The van der Waals surface area contributed by atoms with Gasteiger partial charge in [0.25, 0.3) is 0 Å². The van der Waals surface area contributed by atoms with Gasteiger partial charge in [0.15, 0.2) is 0 Å². The fourth-order valence-electron chi connectivity index (χ4n) is 10.9. The Balaban J connectivity index is 0.970. The number of hydrogen-bond donors (Lipinski definition) is 2. The number of rotatable bonds is 40. The van der Waals surface area contributed by atoms with Crippen molar-refractivity contribution >= 4 is 11.4 Å². The maximum absolute atomic E-state index is 6.14. The summed E-state index contributed by atoms with van der Waals surface area (Å²) < 4.78 is 0. The zero-order chi connectivity index (χ0) is 47.6. The molecule has 0 aliphatic heterocycles. The van der Waals surface area contributed by atoms with E-state index in [0.29, 0.717) is 11.8 Å². The normalized spacial score (nSPS) is 12.5. The topological polar surface area (TPSA) is 52.0 Å². The zero-order valence-corrected chi connectivity index (χ0v) is 44.1. The molecule has 4 aromatic carbocycles. The second kappa shape index (κ2) is 35.6. The molecule has 0 fully saturated rings.